The van der Waals surface area contributed by atoms with Crippen molar-refractivity contribution in [1.29, 1.82) is 0 Å². The van der Waals surface area contributed by atoms with Crippen molar-refractivity contribution in [2.45, 2.75) is 44.1 Å². The number of hydrogen-bond donors (Lipinski definition) is 1. The smallest absolute Gasteiger partial charge is 0.314 e. The van der Waals surface area contributed by atoms with Crippen molar-refractivity contribution in [3.63, 3.8) is 0 Å². The largest absolute Gasteiger partial charge is 0.426 e. The van der Waals surface area contributed by atoms with Gasteiger partial charge in [0.05, 0.1) is 5.92 Å². The highest BCUT2D eigenvalue weighted by Crippen LogP contribution is 2.37. The normalized spacial score (nSPS) is 19.7. The third kappa shape index (κ3) is 4.71. The molecule has 0 atom stereocenters. The molecular weight excluding hydrogens is 432 g/mol. The Morgan fingerprint density at radius 1 is 0.853 bits per heavy atom. The van der Waals surface area contributed by atoms with Crippen LogP contribution >= 0.6 is 0 Å². The van der Waals surface area contributed by atoms with Gasteiger partial charge in [-0.3, -0.25) is 14.4 Å². The van der Waals surface area contributed by atoms with E-state index >= 15 is 0 Å². The summed E-state index contributed by atoms with van der Waals surface area (Å²) < 4.78 is 5.61. The molecule has 1 aliphatic heterocycles. The van der Waals surface area contributed by atoms with Gasteiger partial charge in [0, 0.05) is 31.7 Å². The van der Waals surface area contributed by atoms with Crippen LogP contribution in [0.15, 0.2) is 48.5 Å². The van der Waals surface area contributed by atoms with Gasteiger partial charge < -0.3 is 19.6 Å². The highest BCUT2D eigenvalue weighted by atomic mass is 16.5. The summed E-state index contributed by atoms with van der Waals surface area (Å²) in [6.45, 7) is 1.79. The van der Waals surface area contributed by atoms with Crippen LogP contribution in [0.3, 0.4) is 0 Å². The molecule has 0 unspecified atom stereocenters. The van der Waals surface area contributed by atoms with Gasteiger partial charge in [-0.1, -0.05) is 37.1 Å². The first-order valence-electron chi connectivity index (χ1n) is 12.2. The fraction of sp³-hybridized carbons (Fsp3) is 0.444. The molecule has 3 aliphatic rings. The molecule has 2 aliphatic carbocycles. The molecule has 0 aromatic heterocycles. The van der Waals surface area contributed by atoms with E-state index in [9.17, 15) is 19.5 Å². The summed E-state index contributed by atoms with van der Waals surface area (Å²) in [7, 11) is 0. The van der Waals surface area contributed by atoms with Crippen molar-refractivity contribution in [3.05, 3.63) is 54.1 Å². The third-order valence-corrected chi connectivity index (χ3v) is 7.18. The van der Waals surface area contributed by atoms with E-state index in [1.54, 1.807) is 28.0 Å². The minimum absolute atomic E-state index is 0.00685. The molecule has 7 nitrogen and oxygen atoms in total. The topological polar surface area (TPSA) is 87.2 Å². The van der Waals surface area contributed by atoms with Crippen LogP contribution in [0.4, 0.5) is 0 Å². The van der Waals surface area contributed by atoms with E-state index in [0.29, 0.717) is 50.3 Å². The Balaban J connectivity index is 1.20. The summed E-state index contributed by atoms with van der Waals surface area (Å²) in [6, 6.07) is 14.9. The minimum Gasteiger partial charge on any atom is -0.426 e. The molecule has 1 N–H and O–H groups in total. The second-order valence-electron chi connectivity index (χ2n) is 9.62. The van der Waals surface area contributed by atoms with Gasteiger partial charge in [0.15, 0.2) is 0 Å². The molecule has 1 heterocycles. The van der Waals surface area contributed by atoms with Crippen molar-refractivity contribution in [2.75, 3.05) is 26.2 Å². The van der Waals surface area contributed by atoms with Crippen LogP contribution in [0.1, 0.15) is 48.9 Å². The number of benzene rings is 2. The van der Waals surface area contributed by atoms with Gasteiger partial charge in [0.25, 0.3) is 11.8 Å². The van der Waals surface area contributed by atoms with E-state index in [-0.39, 0.29) is 23.7 Å². The lowest BCUT2D eigenvalue weighted by Crippen LogP contribution is -2.53. The number of carbonyl (C=O) groups excluding carboxylic acids is 3. The minimum atomic E-state index is -1.16. The second-order valence-corrected chi connectivity index (χ2v) is 9.62. The second kappa shape index (κ2) is 9.22. The number of ether oxygens (including phenoxy) is 1. The highest BCUT2D eigenvalue weighted by molar-refractivity contribution is 5.95. The van der Waals surface area contributed by atoms with Crippen molar-refractivity contribution in [2.24, 2.45) is 5.92 Å². The van der Waals surface area contributed by atoms with E-state index in [1.165, 1.54) is 0 Å². The van der Waals surface area contributed by atoms with Gasteiger partial charge in [0.2, 0.25) is 0 Å². The first-order chi connectivity index (χ1) is 16.4. The molecule has 0 radical (unpaired) electrons. The molecule has 3 fully saturated rings. The summed E-state index contributed by atoms with van der Waals surface area (Å²) in [5, 5.41) is 10.0. The molecule has 2 saturated carbocycles. The van der Waals surface area contributed by atoms with Gasteiger partial charge >= 0.3 is 5.97 Å². The third-order valence-electron chi connectivity index (χ3n) is 7.18. The van der Waals surface area contributed by atoms with E-state index in [4.69, 9.17) is 4.74 Å². The summed E-state index contributed by atoms with van der Waals surface area (Å²) in [6.07, 6.45) is 5.04. The lowest BCUT2D eigenvalue weighted by Gasteiger charge is -2.35. The molecule has 0 spiro atoms. The summed E-state index contributed by atoms with van der Waals surface area (Å²) in [4.78, 5) is 41.0. The SMILES string of the molecule is O=C(Oc1cccc(-c2ccc(C(=O)N3CCN(C(=O)C4(O)CC4)CC3)cc2)c1)C1CCCC1. The zero-order chi connectivity index (χ0) is 23.7. The first kappa shape index (κ1) is 22.6. The number of esters is 1. The van der Waals surface area contributed by atoms with Gasteiger partial charge in [-0.05, 0) is 61.1 Å². The standard InChI is InChI=1S/C27H30N2O5/c30-24(28-14-16-29(17-15-28)26(32)27(33)12-13-27)20-10-8-19(9-11-20)22-6-3-7-23(18-22)34-25(31)21-4-1-2-5-21/h3,6-11,18,21,33H,1-2,4-5,12-17H2. The van der Waals surface area contributed by atoms with Crippen molar-refractivity contribution < 1.29 is 24.2 Å². The fourth-order valence-corrected chi connectivity index (χ4v) is 4.83. The fourth-order valence-electron chi connectivity index (χ4n) is 4.83. The maximum absolute atomic E-state index is 13.0. The average molecular weight is 463 g/mol. The monoisotopic (exact) mass is 462 g/mol. The molecule has 1 saturated heterocycles. The predicted octanol–water partition coefficient (Wildman–Crippen LogP) is 3.26. The van der Waals surface area contributed by atoms with Crippen LogP contribution in [0, 0.1) is 5.92 Å². The summed E-state index contributed by atoms with van der Waals surface area (Å²) in [5.41, 5.74) is 1.28. The molecular formula is C27H30N2O5. The van der Waals surface area contributed by atoms with E-state index in [0.717, 1.165) is 36.8 Å². The van der Waals surface area contributed by atoms with Gasteiger partial charge in [0.1, 0.15) is 11.4 Å². The Bertz CT molecular complexity index is 1080. The van der Waals surface area contributed by atoms with Crippen LogP contribution in [-0.4, -0.2) is 64.5 Å². The van der Waals surface area contributed by atoms with Crippen molar-refractivity contribution >= 4 is 17.8 Å². The number of rotatable bonds is 5. The van der Waals surface area contributed by atoms with Gasteiger partial charge in [-0.2, -0.15) is 0 Å². The number of piperazine rings is 1. The maximum atomic E-state index is 13.0. The molecule has 178 valence electrons. The predicted molar refractivity (Wildman–Crippen MR) is 126 cm³/mol. The number of carbonyl (C=O) groups is 3. The Morgan fingerprint density at radius 2 is 1.50 bits per heavy atom. The quantitative estimate of drug-likeness (QED) is 0.545. The Kier molecular flexibility index (Phi) is 6.13. The van der Waals surface area contributed by atoms with Crippen LogP contribution in [0.25, 0.3) is 11.1 Å². The van der Waals surface area contributed by atoms with E-state index in [2.05, 4.69) is 0 Å². The number of aliphatic hydroxyl groups is 1. The average Bonchev–Trinajstić information content (AvgIpc) is 3.38. The van der Waals surface area contributed by atoms with Gasteiger partial charge in [-0.25, -0.2) is 0 Å². The lowest BCUT2D eigenvalue weighted by atomic mass is 10.0. The number of amides is 2. The Morgan fingerprint density at radius 3 is 2.15 bits per heavy atom. The molecule has 2 aromatic rings. The molecule has 7 heteroatoms. The molecule has 34 heavy (non-hydrogen) atoms. The summed E-state index contributed by atoms with van der Waals surface area (Å²) in [5.74, 6) is 0.122. The number of nitrogens with zero attached hydrogens (tertiary/aromatic N) is 2. The molecule has 2 aromatic carbocycles. The molecule has 2 amide bonds. The van der Waals surface area contributed by atoms with Crippen LogP contribution in [-0.2, 0) is 9.59 Å². The first-order valence-corrected chi connectivity index (χ1v) is 12.2. The lowest BCUT2D eigenvalue weighted by molar-refractivity contribution is -0.144. The molecule has 5 rings (SSSR count). The molecule has 0 bridgehead atoms. The van der Waals surface area contributed by atoms with E-state index < -0.39 is 5.60 Å². The van der Waals surface area contributed by atoms with Crippen molar-refractivity contribution in [3.8, 4) is 16.9 Å². The van der Waals surface area contributed by atoms with Crippen molar-refractivity contribution in [1.82, 2.24) is 9.80 Å². The zero-order valence-electron chi connectivity index (χ0n) is 19.2. The van der Waals surface area contributed by atoms with Crippen LogP contribution in [0.2, 0.25) is 0 Å². The van der Waals surface area contributed by atoms with Gasteiger partial charge in [-0.15, -0.1) is 0 Å². The van der Waals surface area contributed by atoms with Crippen LogP contribution < -0.4 is 4.74 Å². The maximum Gasteiger partial charge on any atom is 0.314 e. The Labute approximate surface area is 199 Å². The Hall–Kier alpha value is -3.19. The summed E-state index contributed by atoms with van der Waals surface area (Å²) >= 11 is 0. The van der Waals surface area contributed by atoms with E-state index in [1.807, 2.05) is 30.3 Å². The highest BCUT2D eigenvalue weighted by Gasteiger charge is 2.50. The zero-order valence-corrected chi connectivity index (χ0v) is 19.2. The van der Waals surface area contributed by atoms with Crippen LogP contribution in [0.5, 0.6) is 5.75 Å². The number of hydrogen-bond acceptors (Lipinski definition) is 5.